The molecule has 0 heterocycles. The number of nitrogens with two attached hydrogens (primary N) is 5. The number of nitrogens with zero attached hydrogens (tertiary/aromatic N) is 3. The van der Waals surface area contributed by atoms with Gasteiger partial charge < -0.3 is 53.1 Å². The van der Waals surface area contributed by atoms with Crippen LogP contribution in [0.5, 0.6) is 0 Å². The lowest BCUT2D eigenvalue weighted by Crippen LogP contribution is -2.63. The van der Waals surface area contributed by atoms with Gasteiger partial charge in [-0.25, -0.2) is 0 Å². The topological polar surface area (TPSA) is 222 Å². The molecular formula is C39H76N10O3. The zero-order valence-corrected chi connectivity index (χ0v) is 33.3. The zero-order valence-electron chi connectivity index (χ0n) is 33.3. The van der Waals surface area contributed by atoms with Crippen molar-refractivity contribution in [2.75, 3.05) is 59.6 Å². The standard InChI is InChI=1S/C39H76N10O3/c1-6-49(5)19-7-11-26(2)29-12-13-30-34-31(25-33(39(29,30)4)52-22-10-18-48-37(44)45)38(3)15-14-28(50-20-8-16-46-35(40)41)23-27(38)24-32(34)51-21-9-17-47-36(42)43/h26-34H,6-25H2,1-5H3,(H4,40,41,46)(H4,42,43,47)(H4,44,45,48)/t26-,27?,28-,29-,30+,31+,32-,33+,34?,38?,39-/m1/s1. The highest BCUT2D eigenvalue weighted by Crippen LogP contribution is 2.69. The number of fused-ring (bicyclic) bond motifs is 5. The summed E-state index contributed by atoms with van der Waals surface area (Å²) in [6.45, 7) is 16.0. The molecule has 4 rings (SSSR count). The average molecular weight is 733 g/mol. The maximum absolute atomic E-state index is 7.43. The van der Waals surface area contributed by atoms with Gasteiger partial charge in [-0.05, 0) is 138 Å². The first-order valence-electron chi connectivity index (χ1n) is 20.5. The molecule has 3 unspecified atom stereocenters. The minimum Gasteiger partial charge on any atom is -0.378 e. The second-order valence-corrected chi connectivity index (χ2v) is 17.1. The summed E-state index contributed by atoms with van der Waals surface area (Å²) in [5, 5.41) is 10.3. The van der Waals surface area contributed by atoms with Crippen LogP contribution in [0.1, 0.15) is 105 Å². The molecular weight excluding hydrogens is 656 g/mol. The van der Waals surface area contributed by atoms with E-state index in [1.54, 1.807) is 0 Å². The van der Waals surface area contributed by atoms with E-state index in [9.17, 15) is 0 Å². The first-order chi connectivity index (χ1) is 24.8. The van der Waals surface area contributed by atoms with Gasteiger partial charge in [0, 0.05) is 44.9 Å². The first kappa shape index (κ1) is 42.4. The summed E-state index contributed by atoms with van der Waals surface area (Å²) >= 11 is 0. The molecule has 0 bridgehead atoms. The maximum atomic E-state index is 7.43. The fraction of sp³-hybridized carbons (Fsp3) is 0.923. The van der Waals surface area contributed by atoms with E-state index in [-0.39, 0.29) is 47.0 Å². The van der Waals surface area contributed by atoms with Crippen molar-refractivity contribution in [3.05, 3.63) is 0 Å². The summed E-state index contributed by atoms with van der Waals surface area (Å²) in [6, 6.07) is 0. The summed E-state index contributed by atoms with van der Waals surface area (Å²) in [4.78, 5) is 10.9. The summed E-state index contributed by atoms with van der Waals surface area (Å²) in [6.07, 6.45) is 13.5. The van der Waals surface area contributed by atoms with Gasteiger partial charge in [0.05, 0.1) is 18.3 Å². The molecule has 4 aliphatic rings. The van der Waals surface area contributed by atoms with E-state index < -0.39 is 0 Å². The van der Waals surface area contributed by atoms with Gasteiger partial charge in [-0.3, -0.25) is 15.4 Å². The van der Waals surface area contributed by atoms with Crippen molar-refractivity contribution in [1.82, 2.24) is 10.2 Å². The molecule has 0 spiro atoms. The molecule has 0 radical (unpaired) electrons. The van der Waals surface area contributed by atoms with Crippen LogP contribution in [0.3, 0.4) is 0 Å². The Labute approximate surface area is 314 Å². The van der Waals surface area contributed by atoms with E-state index in [1.165, 1.54) is 25.7 Å². The molecule has 13 heteroatoms. The highest BCUT2D eigenvalue weighted by Gasteiger charge is 2.66. The SMILES string of the molecule is CCN(C)CCC[C@@H](C)[C@H]1CC[C@H]2C3[C@H](OCCCN=C(N)N)CC4C[C@H](OCCCNC(=N)N)CCC4(C)[C@H]3C[C@H](OCCCN=C(N)N)[C@]12C. The van der Waals surface area contributed by atoms with Crippen LogP contribution in [0.4, 0.5) is 0 Å². The van der Waals surface area contributed by atoms with Crippen molar-refractivity contribution >= 4 is 17.9 Å². The molecule has 4 saturated carbocycles. The predicted molar refractivity (Wildman–Crippen MR) is 212 cm³/mol. The van der Waals surface area contributed by atoms with Gasteiger partial charge in [0.15, 0.2) is 17.9 Å². The van der Waals surface area contributed by atoms with Gasteiger partial charge in [0.25, 0.3) is 0 Å². The molecule has 300 valence electrons. The van der Waals surface area contributed by atoms with Crippen LogP contribution in [-0.2, 0) is 14.2 Å². The second-order valence-electron chi connectivity index (χ2n) is 17.1. The van der Waals surface area contributed by atoms with Gasteiger partial charge in [-0.1, -0.05) is 27.7 Å². The van der Waals surface area contributed by atoms with Crippen LogP contribution in [0.15, 0.2) is 9.98 Å². The molecule has 0 saturated heterocycles. The molecule has 0 aliphatic heterocycles. The van der Waals surface area contributed by atoms with Crippen molar-refractivity contribution in [3.63, 3.8) is 0 Å². The van der Waals surface area contributed by atoms with Crippen molar-refractivity contribution in [2.45, 2.75) is 123 Å². The Bertz CT molecular complexity index is 1170. The van der Waals surface area contributed by atoms with Gasteiger partial charge in [-0.15, -0.1) is 0 Å². The monoisotopic (exact) mass is 733 g/mol. The maximum Gasteiger partial charge on any atom is 0.185 e. The largest absolute Gasteiger partial charge is 0.378 e. The third-order valence-electron chi connectivity index (χ3n) is 14.0. The number of nitrogens with one attached hydrogen (secondary N) is 2. The first-order valence-corrected chi connectivity index (χ1v) is 20.5. The highest BCUT2D eigenvalue weighted by atomic mass is 16.5. The normalized spacial score (nSPS) is 34.5. The van der Waals surface area contributed by atoms with Crippen molar-refractivity contribution in [2.24, 2.45) is 85.0 Å². The van der Waals surface area contributed by atoms with Crippen molar-refractivity contribution < 1.29 is 14.2 Å². The number of aliphatic imine (C=N–C) groups is 2. The van der Waals surface area contributed by atoms with Gasteiger partial charge in [0.2, 0.25) is 0 Å². The van der Waals surface area contributed by atoms with Gasteiger partial charge >= 0.3 is 0 Å². The highest BCUT2D eigenvalue weighted by molar-refractivity contribution is 5.76. The number of rotatable bonds is 21. The second kappa shape index (κ2) is 19.8. The quantitative estimate of drug-likeness (QED) is 0.0516. The van der Waals surface area contributed by atoms with Crippen LogP contribution < -0.4 is 34.0 Å². The minimum absolute atomic E-state index is 0.0111. The lowest BCUT2D eigenvalue weighted by atomic mass is 9.43. The fourth-order valence-electron chi connectivity index (χ4n) is 11.2. The Balaban J connectivity index is 1.58. The molecule has 0 amide bonds. The van der Waals surface area contributed by atoms with Crippen molar-refractivity contribution in [3.8, 4) is 0 Å². The Morgan fingerprint density at radius 2 is 1.54 bits per heavy atom. The zero-order chi connectivity index (χ0) is 37.9. The third-order valence-corrected chi connectivity index (χ3v) is 14.0. The number of ether oxygens (including phenoxy) is 3. The van der Waals surface area contributed by atoms with Crippen molar-refractivity contribution in [1.29, 1.82) is 5.41 Å². The number of hydrogen-bond acceptors (Lipinski definition) is 7. The van der Waals surface area contributed by atoms with Crippen LogP contribution >= 0.6 is 0 Å². The van der Waals surface area contributed by atoms with Gasteiger partial charge in [0.1, 0.15) is 0 Å². The molecule has 13 nitrogen and oxygen atoms in total. The molecule has 0 aromatic carbocycles. The molecule has 4 aliphatic carbocycles. The predicted octanol–water partition coefficient (Wildman–Crippen LogP) is 3.59. The smallest absolute Gasteiger partial charge is 0.185 e. The van der Waals surface area contributed by atoms with Crippen LogP contribution in [-0.4, -0.2) is 101 Å². The molecule has 4 fully saturated rings. The van der Waals surface area contributed by atoms with E-state index in [2.05, 4.69) is 54.9 Å². The van der Waals surface area contributed by atoms with E-state index in [4.69, 9.17) is 48.3 Å². The third kappa shape index (κ3) is 10.7. The average Bonchev–Trinajstić information content (AvgIpc) is 3.45. The fourth-order valence-corrected chi connectivity index (χ4v) is 11.2. The molecule has 52 heavy (non-hydrogen) atoms. The summed E-state index contributed by atoms with van der Waals surface area (Å²) in [7, 11) is 2.23. The molecule has 12 N–H and O–H groups in total. The van der Waals surface area contributed by atoms with E-state index in [0.29, 0.717) is 75.0 Å². The number of hydrogen-bond donors (Lipinski definition) is 7. The summed E-state index contributed by atoms with van der Waals surface area (Å²) < 4.78 is 20.6. The molecule has 0 aromatic heterocycles. The molecule has 11 atom stereocenters. The van der Waals surface area contributed by atoms with Gasteiger partial charge in [-0.2, -0.15) is 0 Å². The summed E-state index contributed by atoms with van der Waals surface area (Å²) in [5.74, 6) is 3.61. The minimum atomic E-state index is 0.0111. The Morgan fingerprint density at radius 3 is 2.19 bits per heavy atom. The lowest BCUT2D eigenvalue weighted by molar-refractivity contribution is -0.227. The van der Waals surface area contributed by atoms with Crippen LogP contribution in [0.2, 0.25) is 0 Å². The van der Waals surface area contributed by atoms with E-state index in [1.807, 2.05) is 0 Å². The lowest BCUT2D eigenvalue weighted by Gasteiger charge is -2.65. The van der Waals surface area contributed by atoms with Crippen LogP contribution in [0, 0.1) is 51.7 Å². The van der Waals surface area contributed by atoms with E-state index >= 15 is 0 Å². The van der Waals surface area contributed by atoms with Crippen LogP contribution in [0.25, 0.3) is 0 Å². The van der Waals surface area contributed by atoms with E-state index in [0.717, 1.165) is 64.5 Å². The Kier molecular flexibility index (Phi) is 16.2. The Hall–Kier alpha value is -2.35. The summed E-state index contributed by atoms with van der Waals surface area (Å²) in [5.41, 5.74) is 28.3. The Morgan fingerprint density at radius 1 is 0.865 bits per heavy atom. The number of guanidine groups is 3. The molecule has 0 aromatic rings.